The highest BCUT2D eigenvalue weighted by Crippen LogP contribution is 2.41. The van der Waals surface area contributed by atoms with E-state index in [0.29, 0.717) is 11.2 Å². The zero-order valence-electron chi connectivity index (χ0n) is 15.0. The Morgan fingerprint density at radius 2 is 2.07 bits per heavy atom. The second-order valence-corrected chi connectivity index (χ2v) is 7.84. The molecule has 1 aromatic carbocycles. The maximum atomic E-state index is 13.3. The third-order valence-corrected chi connectivity index (χ3v) is 5.39. The molecule has 2 aromatic heterocycles. The normalized spacial score (nSPS) is 14.7. The molecule has 0 saturated heterocycles. The SMILES string of the molecule is CC(Sc1nnc(-c2cccnc2)n1C1CC1)C(=O)Nc1ccc(F)c(F)c1. The van der Waals surface area contributed by atoms with E-state index in [2.05, 4.69) is 20.5 Å². The molecule has 1 fully saturated rings. The van der Waals surface area contributed by atoms with Crippen LogP contribution in [0, 0.1) is 11.6 Å². The second kappa shape index (κ2) is 7.67. The summed E-state index contributed by atoms with van der Waals surface area (Å²) in [6.45, 7) is 1.73. The molecule has 1 saturated carbocycles. The fourth-order valence-corrected chi connectivity index (χ4v) is 3.66. The molecule has 1 amide bonds. The number of anilines is 1. The highest BCUT2D eigenvalue weighted by Gasteiger charge is 2.31. The summed E-state index contributed by atoms with van der Waals surface area (Å²) in [5.74, 6) is -1.57. The van der Waals surface area contributed by atoms with Crippen molar-refractivity contribution in [3.05, 3.63) is 54.4 Å². The molecule has 144 valence electrons. The minimum atomic E-state index is -1.01. The van der Waals surface area contributed by atoms with Crippen molar-refractivity contribution in [3.8, 4) is 11.4 Å². The van der Waals surface area contributed by atoms with E-state index >= 15 is 0 Å². The maximum Gasteiger partial charge on any atom is 0.237 e. The van der Waals surface area contributed by atoms with Crippen LogP contribution >= 0.6 is 11.8 Å². The van der Waals surface area contributed by atoms with Crippen LogP contribution in [0.4, 0.5) is 14.5 Å². The lowest BCUT2D eigenvalue weighted by atomic mass is 10.3. The van der Waals surface area contributed by atoms with Gasteiger partial charge in [0.05, 0.1) is 5.25 Å². The molecule has 0 radical (unpaired) electrons. The Morgan fingerprint density at radius 1 is 1.25 bits per heavy atom. The molecule has 28 heavy (non-hydrogen) atoms. The summed E-state index contributed by atoms with van der Waals surface area (Å²) in [7, 11) is 0. The number of carbonyl (C=O) groups is 1. The summed E-state index contributed by atoms with van der Waals surface area (Å²) in [6, 6.07) is 7.33. The van der Waals surface area contributed by atoms with Gasteiger partial charge >= 0.3 is 0 Å². The van der Waals surface area contributed by atoms with Crippen molar-refractivity contribution >= 4 is 23.4 Å². The Morgan fingerprint density at radius 3 is 2.75 bits per heavy atom. The van der Waals surface area contributed by atoms with E-state index in [4.69, 9.17) is 0 Å². The molecule has 3 aromatic rings. The molecule has 0 spiro atoms. The van der Waals surface area contributed by atoms with Crippen LogP contribution in [-0.2, 0) is 4.79 Å². The third kappa shape index (κ3) is 3.89. The Bertz CT molecular complexity index is 1010. The standard InChI is InChI=1S/C19H17F2N5OS/c1-11(18(27)23-13-4-7-15(20)16(21)9-13)28-19-25-24-17(26(19)14-5-6-14)12-3-2-8-22-10-12/h2-4,7-11,14H,5-6H2,1H3,(H,23,27). The maximum absolute atomic E-state index is 13.3. The van der Waals surface area contributed by atoms with E-state index in [9.17, 15) is 13.6 Å². The molecule has 0 aliphatic heterocycles. The van der Waals surface area contributed by atoms with Gasteiger partial charge in [-0.3, -0.25) is 14.3 Å². The first-order valence-corrected chi connectivity index (χ1v) is 9.69. The number of aromatic nitrogens is 4. The fourth-order valence-electron chi connectivity index (χ4n) is 2.74. The molecule has 9 heteroatoms. The first-order valence-electron chi connectivity index (χ1n) is 8.81. The van der Waals surface area contributed by atoms with Crippen molar-refractivity contribution in [3.63, 3.8) is 0 Å². The van der Waals surface area contributed by atoms with Crippen molar-refractivity contribution in [1.29, 1.82) is 0 Å². The van der Waals surface area contributed by atoms with E-state index in [0.717, 1.165) is 36.4 Å². The quantitative estimate of drug-likeness (QED) is 0.631. The van der Waals surface area contributed by atoms with Crippen molar-refractivity contribution in [2.45, 2.75) is 36.2 Å². The van der Waals surface area contributed by atoms with E-state index in [1.54, 1.807) is 19.3 Å². The molecular weight excluding hydrogens is 384 g/mol. The molecule has 6 nitrogen and oxygen atoms in total. The molecule has 1 N–H and O–H groups in total. The highest BCUT2D eigenvalue weighted by atomic mass is 32.2. The van der Waals surface area contributed by atoms with E-state index in [-0.39, 0.29) is 11.6 Å². The van der Waals surface area contributed by atoms with Crippen LogP contribution in [0.15, 0.2) is 47.9 Å². The Balaban J connectivity index is 1.51. The minimum Gasteiger partial charge on any atom is -0.325 e. The molecule has 4 rings (SSSR count). The van der Waals surface area contributed by atoms with Crippen molar-refractivity contribution in [2.75, 3.05) is 5.32 Å². The molecule has 1 aliphatic rings. The van der Waals surface area contributed by atoms with Crippen molar-refractivity contribution in [2.24, 2.45) is 0 Å². The molecule has 2 heterocycles. The number of rotatable bonds is 6. The fraction of sp³-hybridized carbons (Fsp3) is 0.263. The average Bonchev–Trinajstić information content (AvgIpc) is 3.45. The lowest BCUT2D eigenvalue weighted by Gasteiger charge is -2.13. The summed E-state index contributed by atoms with van der Waals surface area (Å²) in [6.07, 6.45) is 5.50. The van der Waals surface area contributed by atoms with Gasteiger partial charge in [0.2, 0.25) is 5.91 Å². The Kier molecular flexibility index (Phi) is 5.08. The van der Waals surface area contributed by atoms with Crippen LogP contribution in [0.5, 0.6) is 0 Å². The van der Waals surface area contributed by atoms with Crippen LogP contribution in [-0.4, -0.2) is 30.9 Å². The molecule has 0 bridgehead atoms. The van der Waals surface area contributed by atoms with Gasteiger partial charge in [0.15, 0.2) is 22.6 Å². The number of benzene rings is 1. The Labute approximate surface area is 164 Å². The Hall–Kier alpha value is -2.81. The smallest absolute Gasteiger partial charge is 0.237 e. The number of hydrogen-bond acceptors (Lipinski definition) is 5. The van der Waals surface area contributed by atoms with Crippen LogP contribution < -0.4 is 5.32 Å². The number of thioether (sulfide) groups is 1. The molecule has 1 aliphatic carbocycles. The highest BCUT2D eigenvalue weighted by molar-refractivity contribution is 8.00. The molecule has 1 unspecified atom stereocenters. The summed E-state index contributed by atoms with van der Waals surface area (Å²) in [4.78, 5) is 16.6. The summed E-state index contributed by atoms with van der Waals surface area (Å²) < 4.78 is 28.4. The zero-order chi connectivity index (χ0) is 19.7. The predicted octanol–water partition coefficient (Wildman–Crippen LogP) is 4.07. The van der Waals surface area contributed by atoms with Gasteiger partial charge in [-0.25, -0.2) is 8.78 Å². The van der Waals surface area contributed by atoms with E-state index in [1.165, 1.54) is 17.8 Å². The first kappa shape index (κ1) is 18.5. The van der Waals surface area contributed by atoms with E-state index < -0.39 is 16.9 Å². The zero-order valence-corrected chi connectivity index (χ0v) is 15.8. The van der Waals surface area contributed by atoms with Crippen molar-refractivity contribution in [1.82, 2.24) is 19.7 Å². The molecule has 1 atom stereocenters. The van der Waals surface area contributed by atoms with Gasteiger partial charge in [0.25, 0.3) is 0 Å². The average molecular weight is 401 g/mol. The lowest BCUT2D eigenvalue weighted by Crippen LogP contribution is -2.23. The monoisotopic (exact) mass is 401 g/mol. The number of halogens is 2. The molecular formula is C19H17F2N5OS. The van der Waals surface area contributed by atoms with Gasteiger partial charge in [-0.05, 0) is 44.0 Å². The van der Waals surface area contributed by atoms with Gasteiger partial charge in [-0.15, -0.1) is 10.2 Å². The van der Waals surface area contributed by atoms with Crippen LogP contribution in [0.25, 0.3) is 11.4 Å². The summed E-state index contributed by atoms with van der Waals surface area (Å²) in [5, 5.41) is 11.3. The van der Waals surface area contributed by atoms with Crippen molar-refractivity contribution < 1.29 is 13.6 Å². The number of carbonyl (C=O) groups excluding carboxylic acids is 1. The van der Waals surface area contributed by atoms with Gasteiger partial charge in [-0.2, -0.15) is 0 Å². The van der Waals surface area contributed by atoms with Gasteiger partial charge < -0.3 is 5.32 Å². The van der Waals surface area contributed by atoms with Gasteiger partial charge in [-0.1, -0.05) is 11.8 Å². The van der Waals surface area contributed by atoms with Gasteiger partial charge in [0.1, 0.15) is 0 Å². The van der Waals surface area contributed by atoms with E-state index in [1.807, 2.05) is 16.7 Å². The number of hydrogen-bond donors (Lipinski definition) is 1. The summed E-state index contributed by atoms with van der Waals surface area (Å²) >= 11 is 1.28. The number of pyridine rings is 1. The number of nitrogens with zero attached hydrogens (tertiary/aromatic N) is 4. The number of nitrogens with one attached hydrogen (secondary N) is 1. The second-order valence-electron chi connectivity index (χ2n) is 6.53. The first-order chi connectivity index (χ1) is 13.5. The third-order valence-electron chi connectivity index (χ3n) is 4.33. The van der Waals surface area contributed by atoms with Gasteiger partial charge in [0, 0.05) is 35.8 Å². The lowest BCUT2D eigenvalue weighted by molar-refractivity contribution is -0.115. The summed E-state index contributed by atoms with van der Waals surface area (Å²) in [5.41, 5.74) is 1.07. The predicted molar refractivity (Wildman–Crippen MR) is 102 cm³/mol. The van der Waals surface area contributed by atoms with Crippen LogP contribution in [0.2, 0.25) is 0 Å². The topological polar surface area (TPSA) is 72.7 Å². The van der Waals surface area contributed by atoms with Crippen LogP contribution in [0.3, 0.4) is 0 Å². The largest absolute Gasteiger partial charge is 0.325 e. The minimum absolute atomic E-state index is 0.205. The van der Waals surface area contributed by atoms with Crippen LogP contribution in [0.1, 0.15) is 25.8 Å². The number of amides is 1.